The van der Waals surface area contributed by atoms with Crippen molar-refractivity contribution in [2.45, 2.75) is 6.42 Å². The highest BCUT2D eigenvalue weighted by atomic mass is 19.1. The van der Waals surface area contributed by atoms with Gasteiger partial charge in [0, 0.05) is 0 Å². The van der Waals surface area contributed by atoms with Crippen LogP contribution in [0.5, 0.6) is 0 Å². The van der Waals surface area contributed by atoms with Gasteiger partial charge in [-0.3, -0.25) is 0 Å². The molecule has 1 aliphatic rings. The summed E-state index contributed by atoms with van der Waals surface area (Å²) in [5, 5.41) is 7.58. The van der Waals surface area contributed by atoms with Gasteiger partial charge in [0.15, 0.2) is 0 Å². The van der Waals surface area contributed by atoms with Gasteiger partial charge in [0.25, 0.3) is 0 Å². The molecule has 0 aromatic heterocycles. The van der Waals surface area contributed by atoms with E-state index < -0.39 is 0 Å². The van der Waals surface area contributed by atoms with Crippen LogP contribution >= 0.6 is 0 Å². The molecule has 0 unspecified atom stereocenters. The Balaban J connectivity index is 2.24. The van der Waals surface area contributed by atoms with Crippen LogP contribution in [0.15, 0.2) is 34.5 Å². The van der Waals surface area contributed by atoms with Crippen molar-refractivity contribution < 1.29 is 4.39 Å². The molecule has 0 bridgehead atoms. The molecule has 0 spiro atoms. The van der Waals surface area contributed by atoms with Crippen molar-refractivity contribution >= 4 is 11.5 Å². The van der Waals surface area contributed by atoms with Gasteiger partial charge in [-0.1, -0.05) is 12.1 Å². The predicted molar refractivity (Wildman–Crippen MR) is 49.2 cm³/mol. The molecule has 3 nitrogen and oxygen atoms in total. The Bertz CT molecular complexity index is 378. The van der Waals surface area contributed by atoms with Crippen LogP contribution in [-0.2, 0) is 0 Å². The normalized spacial score (nSPS) is 15.5. The van der Waals surface area contributed by atoms with Gasteiger partial charge in [0.1, 0.15) is 11.7 Å². The number of benzene rings is 1. The quantitative estimate of drug-likeness (QED) is 0.690. The third kappa shape index (κ3) is 1.56. The van der Waals surface area contributed by atoms with E-state index in [1.54, 1.807) is 12.1 Å². The van der Waals surface area contributed by atoms with Crippen LogP contribution < -0.4 is 5.73 Å². The number of amidine groups is 1. The molecule has 66 valence electrons. The van der Waals surface area contributed by atoms with Crippen molar-refractivity contribution in [3.8, 4) is 0 Å². The summed E-state index contributed by atoms with van der Waals surface area (Å²) < 4.78 is 12.6. The van der Waals surface area contributed by atoms with E-state index in [9.17, 15) is 4.39 Å². The summed E-state index contributed by atoms with van der Waals surface area (Å²) in [5.41, 5.74) is 7.11. The molecular formula is C9H8FN3. The third-order valence-corrected chi connectivity index (χ3v) is 1.83. The maximum absolute atomic E-state index is 12.6. The van der Waals surface area contributed by atoms with E-state index in [4.69, 9.17) is 5.73 Å². The first kappa shape index (κ1) is 7.91. The summed E-state index contributed by atoms with van der Waals surface area (Å²) in [6.07, 6.45) is 0.547. The minimum absolute atomic E-state index is 0.253. The molecule has 1 heterocycles. The summed E-state index contributed by atoms with van der Waals surface area (Å²) in [4.78, 5) is 0. The van der Waals surface area contributed by atoms with E-state index >= 15 is 0 Å². The Morgan fingerprint density at radius 3 is 2.38 bits per heavy atom. The van der Waals surface area contributed by atoms with Crippen molar-refractivity contribution in [2.24, 2.45) is 15.9 Å². The molecule has 1 aliphatic heterocycles. The maximum Gasteiger partial charge on any atom is 0.128 e. The molecule has 0 fully saturated rings. The van der Waals surface area contributed by atoms with Crippen LogP contribution in [0.25, 0.3) is 0 Å². The van der Waals surface area contributed by atoms with Crippen molar-refractivity contribution in [3.63, 3.8) is 0 Å². The third-order valence-electron chi connectivity index (χ3n) is 1.83. The lowest BCUT2D eigenvalue weighted by atomic mass is 10.1. The van der Waals surface area contributed by atoms with Crippen molar-refractivity contribution in [2.75, 3.05) is 0 Å². The molecular weight excluding hydrogens is 169 g/mol. The first-order chi connectivity index (χ1) is 6.25. The van der Waals surface area contributed by atoms with Gasteiger partial charge in [0.2, 0.25) is 0 Å². The summed E-state index contributed by atoms with van der Waals surface area (Å²) in [7, 11) is 0. The van der Waals surface area contributed by atoms with Crippen molar-refractivity contribution in [3.05, 3.63) is 35.6 Å². The average Bonchev–Trinajstić information content (AvgIpc) is 2.53. The predicted octanol–water partition coefficient (Wildman–Crippen LogP) is 1.29. The smallest absolute Gasteiger partial charge is 0.128 e. The van der Waals surface area contributed by atoms with Gasteiger partial charge < -0.3 is 5.73 Å². The van der Waals surface area contributed by atoms with Gasteiger partial charge in [-0.2, -0.15) is 5.10 Å². The van der Waals surface area contributed by atoms with Crippen LogP contribution in [0.2, 0.25) is 0 Å². The van der Waals surface area contributed by atoms with E-state index in [0.29, 0.717) is 12.3 Å². The molecule has 0 atom stereocenters. The topological polar surface area (TPSA) is 50.7 Å². The van der Waals surface area contributed by atoms with Gasteiger partial charge in [-0.25, -0.2) is 4.39 Å². The van der Waals surface area contributed by atoms with E-state index in [1.807, 2.05) is 0 Å². The summed E-state index contributed by atoms with van der Waals surface area (Å²) >= 11 is 0. The monoisotopic (exact) mass is 177 g/mol. The zero-order chi connectivity index (χ0) is 9.26. The second-order valence-corrected chi connectivity index (χ2v) is 2.82. The Kier molecular flexibility index (Phi) is 1.81. The minimum atomic E-state index is -0.253. The molecule has 0 saturated heterocycles. The first-order valence-electron chi connectivity index (χ1n) is 3.90. The Morgan fingerprint density at radius 1 is 1.15 bits per heavy atom. The lowest BCUT2D eigenvalue weighted by Crippen LogP contribution is -2.12. The summed E-state index contributed by atoms with van der Waals surface area (Å²) in [6, 6.07) is 6.13. The van der Waals surface area contributed by atoms with Crippen LogP contribution in [0.3, 0.4) is 0 Å². The van der Waals surface area contributed by atoms with E-state index in [0.717, 1.165) is 11.3 Å². The summed E-state index contributed by atoms with van der Waals surface area (Å²) in [5.74, 6) is 0.246. The van der Waals surface area contributed by atoms with E-state index in [2.05, 4.69) is 10.2 Å². The number of nitrogens with two attached hydrogens (primary N) is 1. The second-order valence-electron chi connectivity index (χ2n) is 2.82. The molecule has 0 amide bonds. The fraction of sp³-hybridized carbons (Fsp3) is 0.111. The minimum Gasteiger partial charge on any atom is -0.385 e. The average molecular weight is 177 g/mol. The molecule has 2 N–H and O–H groups in total. The largest absolute Gasteiger partial charge is 0.385 e. The molecule has 2 rings (SSSR count). The SMILES string of the molecule is NC1=NN=C(c2ccc(F)cc2)C1. The van der Waals surface area contributed by atoms with Crippen LogP contribution in [0.4, 0.5) is 4.39 Å². The molecule has 0 aliphatic carbocycles. The number of hydrogen-bond acceptors (Lipinski definition) is 3. The van der Waals surface area contributed by atoms with Crippen LogP contribution in [0.1, 0.15) is 12.0 Å². The fourth-order valence-electron chi connectivity index (χ4n) is 1.17. The van der Waals surface area contributed by atoms with E-state index in [1.165, 1.54) is 12.1 Å². The van der Waals surface area contributed by atoms with Crippen molar-refractivity contribution in [1.29, 1.82) is 0 Å². The van der Waals surface area contributed by atoms with Crippen LogP contribution in [0, 0.1) is 5.82 Å². The molecule has 13 heavy (non-hydrogen) atoms. The van der Waals surface area contributed by atoms with E-state index in [-0.39, 0.29) is 5.82 Å². The Morgan fingerprint density at radius 2 is 1.85 bits per heavy atom. The highest BCUT2D eigenvalue weighted by Gasteiger charge is 2.10. The fourth-order valence-corrected chi connectivity index (χ4v) is 1.17. The van der Waals surface area contributed by atoms with Gasteiger partial charge in [-0.15, -0.1) is 5.10 Å². The maximum atomic E-state index is 12.6. The van der Waals surface area contributed by atoms with Gasteiger partial charge in [0.05, 0.1) is 12.1 Å². The number of halogens is 1. The molecule has 1 aromatic rings. The standard InChI is InChI=1S/C9H8FN3/c10-7-3-1-6(2-4-7)8-5-9(11)13-12-8/h1-4H,5H2,(H2,11,13). The Hall–Kier alpha value is -1.71. The van der Waals surface area contributed by atoms with Gasteiger partial charge >= 0.3 is 0 Å². The number of rotatable bonds is 1. The zero-order valence-electron chi connectivity index (χ0n) is 6.87. The number of nitrogens with zero attached hydrogens (tertiary/aromatic N) is 2. The van der Waals surface area contributed by atoms with Gasteiger partial charge in [-0.05, 0) is 17.7 Å². The molecule has 4 heteroatoms. The Labute approximate surface area is 74.8 Å². The lowest BCUT2D eigenvalue weighted by molar-refractivity contribution is 0.628. The second kappa shape index (κ2) is 2.97. The molecule has 1 aromatic carbocycles. The highest BCUT2D eigenvalue weighted by molar-refractivity contribution is 6.13. The van der Waals surface area contributed by atoms with Crippen molar-refractivity contribution in [1.82, 2.24) is 0 Å². The lowest BCUT2D eigenvalue weighted by Gasteiger charge is -1.98. The molecule has 0 saturated carbocycles. The number of hydrogen-bond donors (Lipinski definition) is 1. The first-order valence-corrected chi connectivity index (χ1v) is 3.90. The highest BCUT2D eigenvalue weighted by Crippen LogP contribution is 2.10. The molecule has 0 radical (unpaired) electrons. The summed E-state index contributed by atoms with van der Waals surface area (Å²) in [6.45, 7) is 0. The zero-order valence-corrected chi connectivity index (χ0v) is 6.87. The van der Waals surface area contributed by atoms with Crippen LogP contribution in [-0.4, -0.2) is 11.5 Å².